The first-order valence-electron chi connectivity index (χ1n) is 6.79. The molecule has 0 radical (unpaired) electrons. The lowest BCUT2D eigenvalue weighted by Gasteiger charge is -2.19. The number of aliphatic hydroxyl groups is 1. The number of benzene rings is 1. The zero-order valence-corrected chi connectivity index (χ0v) is 11.4. The summed E-state index contributed by atoms with van der Waals surface area (Å²) < 4.78 is 26.6. The van der Waals surface area contributed by atoms with E-state index in [2.05, 4.69) is 11.8 Å². The van der Waals surface area contributed by atoms with Crippen LogP contribution in [0.3, 0.4) is 0 Å². The summed E-state index contributed by atoms with van der Waals surface area (Å²) >= 11 is 0. The van der Waals surface area contributed by atoms with Gasteiger partial charge in [-0.25, -0.2) is 8.78 Å². The Morgan fingerprint density at radius 1 is 1.42 bits per heavy atom. The van der Waals surface area contributed by atoms with Crippen LogP contribution < -0.4 is 0 Å². The summed E-state index contributed by atoms with van der Waals surface area (Å²) in [6.45, 7) is 3.93. The fourth-order valence-corrected chi connectivity index (χ4v) is 2.42. The van der Waals surface area contributed by atoms with Crippen LogP contribution in [0.5, 0.6) is 0 Å². The molecule has 106 valence electrons. The SMILES string of the molecule is CC1CC1CN(C)CCC(O)c1cccc(F)c1F. The van der Waals surface area contributed by atoms with Gasteiger partial charge in [-0.05, 0) is 37.8 Å². The second-order valence-corrected chi connectivity index (χ2v) is 5.68. The monoisotopic (exact) mass is 269 g/mol. The average Bonchev–Trinajstić information content (AvgIpc) is 3.05. The molecule has 1 N–H and O–H groups in total. The molecule has 3 atom stereocenters. The summed E-state index contributed by atoms with van der Waals surface area (Å²) in [5.41, 5.74) is 0.0492. The third-order valence-electron chi connectivity index (χ3n) is 3.95. The van der Waals surface area contributed by atoms with Gasteiger partial charge in [-0.15, -0.1) is 0 Å². The fourth-order valence-electron chi connectivity index (χ4n) is 2.42. The first-order chi connectivity index (χ1) is 8.99. The molecule has 0 bridgehead atoms. The van der Waals surface area contributed by atoms with E-state index in [1.807, 2.05) is 7.05 Å². The standard InChI is InChI=1S/C15H21F2NO/c1-10-8-11(10)9-18(2)7-6-14(19)12-4-3-5-13(16)15(12)17/h3-5,10-11,14,19H,6-9H2,1-2H3. The quantitative estimate of drug-likeness (QED) is 0.858. The molecular formula is C15H21F2NO. The number of aliphatic hydroxyl groups excluding tert-OH is 1. The summed E-state index contributed by atoms with van der Waals surface area (Å²) in [6.07, 6.45) is 0.735. The summed E-state index contributed by atoms with van der Waals surface area (Å²) in [5, 5.41) is 9.94. The van der Waals surface area contributed by atoms with E-state index in [4.69, 9.17) is 0 Å². The van der Waals surface area contributed by atoms with Crippen molar-refractivity contribution in [3.63, 3.8) is 0 Å². The Bertz CT molecular complexity index is 438. The van der Waals surface area contributed by atoms with Crippen LogP contribution in [0.25, 0.3) is 0 Å². The normalized spacial score (nSPS) is 23.7. The zero-order chi connectivity index (χ0) is 14.0. The van der Waals surface area contributed by atoms with Gasteiger partial charge in [-0.1, -0.05) is 19.1 Å². The number of halogens is 2. The Balaban J connectivity index is 1.83. The largest absolute Gasteiger partial charge is 0.388 e. The highest BCUT2D eigenvalue weighted by Crippen LogP contribution is 2.38. The van der Waals surface area contributed by atoms with Gasteiger partial charge in [-0.2, -0.15) is 0 Å². The Labute approximate surface area is 113 Å². The van der Waals surface area contributed by atoms with Crippen LogP contribution in [-0.4, -0.2) is 30.1 Å². The minimum Gasteiger partial charge on any atom is -0.388 e. The predicted octanol–water partition coefficient (Wildman–Crippen LogP) is 2.98. The number of nitrogens with zero attached hydrogens (tertiary/aromatic N) is 1. The summed E-state index contributed by atoms with van der Waals surface area (Å²) in [4.78, 5) is 2.15. The maximum absolute atomic E-state index is 13.5. The van der Waals surface area contributed by atoms with Crippen LogP contribution in [0.1, 0.15) is 31.4 Å². The van der Waals surface area contributed by atoms with E-state index in [1.54, 1.807) is 0 Å². The fraction of sp³-hybridized carbons (Fsp3) is 0.600. The van der Waals surface area contributed by atoms with Gasteiger partial charge in [0.25, 0.3) is 0 Å². The van der Waals surface area contributed by atoms with Gasteiger partial charge in [0.15, 0.2) is 11.6 Å². The number of hydrogen-bond acceptors (Lipinski definition) is 2. The molecule has 1 aliphatic carbocycles. The van der Waals surface area contributed by atoms with Crippen molar-refractivity contribution in [2.24, 2.45) is 11.8 Å². The van der Waals surface area contributed by atoms with E-state index in [0.29, 0.717) is 13.0 Å². The van der Waals surface area contributed by atoms with E-state index < -0.39 is 17.7 Å². The highest BCUT2D eigenvalue weighted by molar-refractivity contribution is 5.21. The molecule has 1 aromatic carbocycles. The summed E-state index contributed by atoms with van der Waals surface area (Å²) in [5.74, 6) is -0.286. The lowest BCUT2D eigenvalue weighted by molar-refractivity contribution is 0.143. The zero-order valence-electron chi connectivity index (χ0n) is 11.4. The highest BCUT2D eigenvalue weighted by Gasteiger charge is 2.33. The first-order valence-corrected chi connectivity index (χ1v) is 6.79. The second kappa shape index (κ2) is 5.97. The van der Waals surface area contributed by atoms with Crippen molar-refractivity contribution in [3.05, 3.63) is 35.4 Å². The molecule has 0 spiro atoms. The molecule has 1 fully saturated rings. The van der Waals surface area contributed by atoms with Crippen LogP contribution >= 0.6 is 0 Å². The van der Waals surface area contributed by atoms with Gasteiger partial charge in [0, 0.05) is 18.7 Å². The summed E-state index contributed by atoms with van der Waals surface area (Å²) in [6, 6.07) is 3.92. The van der Waals surface area contributed by atoms with Crippen molar-refractivity contribution in [3.8, 4) is 0 Å². The smallest absolute Gasteiger partial charge is 0.164 e. The minimum absolute atomic E-state index is 0.0492. The van der Waals surface area contributed by atoms with Crippen LogP contribution in [-0.2, 0) is 0 Å². The lowest BCUT2D eigenvalue weighted by Crippen LogP contribution is -2.24. The minimum atomic E-state index is -0.949. The van der Waals surface area contributed by atoms with Gasteiger partial charge < -0.3 is 10.0 Å². The van der Waals surface area contributed by atoms with Crippen molar-refractivity contribution in [1.82, 2.24) is 4.90 Å². The Hall–Kier alpha value is -1.00. The summed E-state index contributed by atoms with van der Waals surface area (Å²) in [7, 11) is 2.00. The maximum Gasteiger partial charge on any atom is 0.164 e. The van der Waals surface area contributed by atoms with Gasteiger partial charge in [0.2, 0.25) is 0 Å². The molecule has 0 saturated heterocycles. The van der Waals surface area contributed by atoms with Gasteiger partial charge >= 0.3 is 0 Å². The molecule has 1 aromatic rings. The Morgan fingerprint density at radius 2 is 2.11 bits per heavy atom. The van der Waals surface area contributed by atoms with Crippen molar-refractivity contribution in [2.75, 3.05) is 20.1 Å². The van der Waals surface area contributed by atoms with Crippen molar-refractivity contribution in [1.29, 1.82) is 0 Å². The second-order valence-electron chi connectivity index (χ2n) is 5.68. The molecule has 1 aliphatic rings. The van der Waals surface area contributed by atoms with Crippen LogP contribution in [0.15, 0.2) is 18.2 Å². The molecule has 0 amide bonds. The molecule has 4 heteroatoms. The van der Waals surface area contributed by atoms with Crippen LogP contribution in [0.2, 0.25) is 0 Å². The van der Waals surface area contributed by atoms with E-state index >= 15 is 0 Å². The Kier molecular flexibility index (Phi) is 4.53. The lowest BCUT2D eigenvalue weighted by atomic mass is 10.1. The highest BCUT2D eigenvalue weighted by atomic mass is 19.2. The van der Waals surface area contributed by atoms with Gasteiger partial charge in [0.1, 0.15) is 0 Å². The topological polar surface area (TPSA) is 23.5 Å². The van der Waals surface area contributed by atoms with Crippen molar-refractivity contribution in [2.45, 2.75) is 25.9 Å². The van der Waals surface area contributed by atoms with E-state index in [1.165, 1.54) is 18.6 Å². The van der Waals surface area contributed by atoms with Gasteiger partial charge in [-0.3, -0.25) is 0 Å². The van der Waals surface area contributed by atoms with E-state index in [9.17, 15) is 13.9 Å². The molecule has 0 aliphatic heterocycles. The van der Waals surface area contributed by atoms with E-state index in [0.717, 1.165) is 24.4 Å². The average molecular weight is 269 g/mol. The molecule has 19 heavy (non-hydrogen) atoms. The maximum atomic E-state index is 13.5. The van der Waals surface area contributed by atoms with Crippen molar-refractivity contribution < 1.29 is 13.9 Å². The molecular weight excluding hydrogens is 248 g/mol. The Morgan fingerprint density at radius 3 is 2.74 bits per heavy atom. The molecule has 2 nitrogen and oxygen atoms in total. The first kappa shape index (κ1) is 14.4. The van der Waals surface area contributed by atoms with Crippen molar-refractivity contribution >= 4 is 0 Å². The number of rotatable bonds is 6. The molecule has 2 rings (SSSR count). The molecule has 3 unspecified atom stereocenters. The predicted molar refractivity (Wildman–Crippen MR) is 70.7 cm³/mol. The van der Waals surface area contributed by atoms with Crippen LogP contribution in [0, 0.1) is 23.5 Å². The third-order valence-corrected chi connectivity index (χ3v) is 3.95. The molecule has 0 aromatic heterocycles. The number of hydrogen-bond donors (Lipinski definition) is 1. The molecule has 0 heterocycles. The molecule has 1 saturated carbocycles. The van der Waals surface area contributed by atoms with Gasteiger partial charge in [0.05, 0.1) is 6.10 Å². The third kappa shape index (κ3) is 3.74. The van der Waals surface area contributed by atoms with E-state index in [-0.39, 0.29) is 5.56 Å². The van der Waals surface area contributed by atoms with Crippen LogP contribution in [0.4, 0.5) is 8.78 Å².